The summed E-state index contributed by atoms with van der Waals surface area (Å²) in [6, 6.07) is 7.64. The molecule has 1 aliphatic carbocycles. The van der Waals surface area contributed by atoms with Gasteiger partial charge >= 0.3 is 0 Å². The van der Waals surface area contributed by atoms with E-state index in [1.807, 2.05) is 6.92 Å². The predicted molar refractivity (Wildman–Crippen MR) is 87.0 cm³/mol. The van der Waals surface area contributed by atoms with Crippen molar-refractivity contribution < 1.29 is 9.18 Å². The van der Waals surface area contributed by atoms with Crippen molar-refractivity contribution in [1.29, 1.82) is 0 Å². The fourth-order valence-electron chi connectivity index (χ4n) is 2.73. The Labute approximate surface area is 134 Å². The lowest BCUT2D eigenvalue weighted by Gasteiger charge is -2.13. The van der Waals surface area contributed by atoms with E-state index >= 15 is 0 Å². The van der Waals surface area contributed by atoms with E-state index in [0.717, 1.165) is 18.5 Å². The van der Waals surface area contributed by atoms with Crippen molar-refractivity contribution in [2.75, 3.05) is 10.6 Å². The molecule has 2 aromatic rings. The van der Waals surface area contributed by atoms with Crippen LogP contribution in [0.3, 0.4) is 0 Å². The number of rotatable bonds is 4. The molecule has 0 spiro atoms. The highest BCUT2D eigenvalue weighted by atomic mass is 19.1. The Bertz CT molecular complexity index is 696. The van der Waals surface area contributed by atoms with Gasteiger partial charge in [-0.2, -0.15) is 0 Å². The van der Waals surface area contributed by atoms with E-state index in [9.17, 15) is 9.18 Å². The number of carbonyl (C=O) groups is 1. The highest BCUT2D eigenvalue weighted by Gasteiger charge is 2.17. The largest absolute Gasteiger partial charge is 0.351 e. The Morgan fingerprint density at radius 2 is 1.87 bits per heavy atom. The van der Waals surface area contributed by atoms with Crippen LogP contribution in [-0.2, 0) is 0 Å². The summed E-state index contributed by atoms with van der Waals surface area (Å²) in [5, 5.41) is 6.01. The predicted octanol–water partition coefficient (Wildman–Crippen LogP) is 3.53. The summed E-state index contributed by atoms with van der Waals surface area (Å²) in [4.78, 5) is 21.0. The van der Waals surface area contributed by atoms with Crippen LogP contribution in [0.4, 0.5) is 16.0 Å². The summed E-state index contributed by atoms with van der Waals surface area (Å²) in [5.74, 6) is -0.193. The molecule has 0 unspecified atom stereocenters. The van der Waals surface area contributed by atoms with E-state index in [4.69, 9.17) is 0 Å². The smallest absolute Gasteiger partial charge is 0.274 e. The molecule has 2 N–H and O–H groups in total. The van der Waals surface area contributed by atoms with Gasteiger partial charge in [0.2, 0.25) is 5.95 Å². The van der Waals surface area contributed by atoms with Crippen LogP contribution >= 0.6 is 0 Å². The normalized spacial score (nSPS) is 14.7. The van der Waals surface area contributed by atoms with Crippen molar-refractivity contribution >= 4 is 17.5 Å². The minimum atomic E-state index is -0.344. The zero-order chi connectivity index (χ0) is 16.2. The van der Waals surface area contributed by atoms with Crippen LogP contribution in [0.25, 0.3) is 0 Å². The number of nitrogens with zero attached hydrogens (tertiary/aromatic N) is 2. The van der Waals surface area contributed by atoms with Gasteiger partial charge in [-0.05, 0) is 50.1 Å². The molecule has 3 rings (SSSR count). The molecule has 0 aliphatic heterocycles. The topological polar surface area (TPSA) is 66.9 Å². The molecule has 5 nitrogen and oxygen atoms in total. The van der Waals surface area contributed by atoms with Crippen LogP contribution in [0.5, 0.6) is 0 Å². The summed E-state index contributed by atoms with van der Waals surface area (Å²) < 4.78 is 12.9. The van der Waals surface area contributed by atoms with Crippen molar-refractivity contribution in [3.8, 4) is 0 Å². The molecule has 1 aliphatic rings. The number of aromatic nitrogens is 2. The third-order valence-corrected chi connectivity index (χ3v) is 3.88. The molecule has 23 heavy (non-hydrogen) atoms. The minimum absolute atomic E-state index is 0.294. The van der Waals surface area contributed by atoms with Gasteiger partial charge in [-0.15, -0.1) is 0 Å². The van der Waals surface area contributed by atoms with Gasteiger partial charge in [-0.1, -0.05) is 12.8 Å². The third kappa shape index (κ3) is 4.03. The lowest BCUT2D eigenvalue weighted by molar-refractivity contribution is 0.102. The summed E-state index contributed by atoms with van der Waals surface area (Å²) in [6.07, 6.45) is 4.63. The second kappa shape index (κ2) is 6.73. The second-order valence-electron chi connectivity index (χ2n) is 5.80. The van der Waals surface area contributed by atoms with Crippen LogP contribution < -0.4 is 10.6 Å². The number of hydrogen-bond donors (Lipinski definition) is 2. The first kappa shape index (κ1) is 15.4. The maximum Gasteiger partial charge on any atom is 0.274 e. The van der Waals surface area contributed by atoms with Gasteiger partial charge in [-0.25, -0.2) is 14.4 Å². The molecule has 6 heteroatoms. The van der Waals surface area contributed by atoms with Crippen molar-refractivity contribution in [1.82, 2.24) is 9.97 Å². The van der Waals surface area contributed by atoms with Gasteiger partial charge in [0.05, 0.1) is 0 Å². The zero-order valence-electron chi connectivity index (χ0n) is 13.0. The maximum atomic E-state index is 12.9. The molecule has 0 bridgehead atoms. The summed E-state index contributed by atoms with van der Waals surface area (Å²) >= 11 is 0. The van der Waals surface area contributed by atoms with E-state index < -0.39 is 0 Å². The molecule has 0 saturated heterocycles. The van der Waals surface area contributed by atoms with Crippen molar-refractivity contribution in [2.45, 2.75) is 38.6 Å². The average molecular weight is 314 g/mol. The van der Waals surface area contributed by atoms with E-state index in [1.165, 1.54) is 37.1 Å². The Morgan fingerprint density at radius 1 is 1.17 bits per heavy atom. The van der Waals surface area contributed by atoms with Crippen LogP contribution in [0.2, 0.25) is 0 Å². The molecule has 1 heterocycles. The average Bonchev–Trinajstić information content (AvgIpc) is 3.02. The third-order valence-electron chi connectivity index (χ3n) is 3.88. The molecular weight excluding hydrogens is 295 g/mol. The van der Waals surface area contributed by atoms with Crippen molar-refractivity contribution in [3.63, 3.8) is 0 Å². The molecule has 1 aromatic heterocycles. The number of anilines is 2. The van der Waals surface area contributed by atoms with E-state index in [-0.39, 0.29) is 11.7 Å². The molecule has 120 valence electrons. The van der Waals surface area contributed by atoms with E-state index in [1.54, 1.807) is 6.07 Å². The number of nitrogens with one attached hydrogen (secondary N) is 2. The zero-order valence-corrected chi connectivity index (χ0v) is 13.0. The highest BCUT2D eigenvalue weighted by Crippen LogP contribution is 2.21. The number of halogens is 1. The van der Waals surface area contributed by atoms with Gasteiger partial charge in [0.1, 0.15) is 11.5 Å². The Balaban J connectivity index is 1.74. The number of benzene rings is 1. The van der Waals surface area contributed by atoms with Gasteiger partial charge < -0.3 is 10.6 Å². The van der Waals surface area contributed by atoms with Crippen molar-refractivity contribution in [3.05, 3.63) is 47.5 Å². The minimum Gasteiger partial charge on any atom is -0.351 e. The first-order chi connectivity index (χ1) is 11.1. The molecule has 1 saturated carbocycles. The van der Waals surface area contributed by atoms with Crippen LogP contribution in [0, 0.1) is 12.7 Å². The highest BCUT2D eigenvalue weighted by molar-refractivity contribution is 6.03. The van der Waals surface area contributed by atoms with Crippen LogP contribution in [0.1, 0.15) is 41.9 Å². The molecule has 0 radical (unpaired) electrons. The Morgan fingerprint density at radius 3 is 2.57 bits per heavy atom. The van der Waals surface area contributed by atoms with Gasteiger partial charge in [-0.3, -0.25) is 4.79 Å². The Kier molecular flexibility index (Phi) is 4.50. The van der Waals surface area contributed by atoms with Gasteiger partial charge in [0, 0.05) is 17.4 Å². The number of carbonyl (C=O) groups excluding carboxylic acids is 1. The van der Waals surface area contributed by atoms with Gasteiger partial charge in [0.25, 0.3) is 5.91 Å². The van der Waals surface area contributed by atoms with E-state index in [2.05, 4.69) is 20.6 Å². The molecule has 1 aromatic carbocycles. The first-order valence-electron chi connectivity index (χ1n) is 7.79. The van der Waals surface area contributed by atoms with E-state index in [0.29, 0.717) is 23.4 Å². The fraction of sp³-hybridized carbons (Fsp3) is 0.353. The molecule has 0 atom stereocenters. The first-order valence-corrected chi connectivity index (χ1v) is 7.79. The lowest BCUT2D eigenvalue weighted by atomic mass is 10.2. The summed E-state index contributed by atoms with van der Waals surface area (Å²) in [5.41, 5.74) is 1.55. The number of aryl methyl sites for hydroxylation is 1. The van der Waals surface area contributed by atoms with Crippen LogP contribution in [0.15, 0.2) is 30.3 Å². The van der Waals surface area contributed by atoms with Crippen molar-refractivity contribution in [2.24, 2.45) is 0 Å². The summed E-state index contributed by atoms with van der Waals surface area (Å²) in [7, 11) is 0. The molecule has 1 fully saturated rings. The quantitative estimate of drug-likeness (QED) is 0.906. The second-order valence-corrected chi connectivity index (χ2v) is 5.80. The lowest BCUT2D eigenvalue weighted by Crippen LogP contribution is -2.20. The van der Waals surface area contributed by atoms with Crippen LogP contribution in [-0.4, -0.2) is 21.9 Å². The number of hydrogen-bond acceptors (Lipinski definition) is 4. The summed E-state index contributed by atoms with van der Waals surface area (Å²) in [6.45, 7) is 1.83. The molecule has 1 amide bonds. The molecular formula is C17H19FN4O. The maximum absolute atomic E-state index is 12.9. The number of amides is 1. The monoisotopic (exact) mass is 314 g/mol. The SMILES string of the molecule is Cc1cc(C(=O)Nc2ccc(F)cc2)nc(NC2CCCC2)n1. The fourth-order valence-corrected chi connectivity index (χ4v) is 2.73. The Hall–Kier alpha value is -2.50. The standard InChI is InChI=1S/C17H19FN4O/c1-11-10-15(16(23)20-14-8-6-12(18)7-9-14)22-17(19-11)21-13-4-2-3-5-13/h6-10,13H,2-5H2,1H3,(H,20,23)(H,19,21,22). The van der Waals surface area contributed by atoms with Gasteiger partial charge in [0.15, 0.2) is 0 Å².